The second-order valence-electron chi connectivity index (χ2n) is 9.59. The maximum Gasteiger partial charge on any atom is 0.166 e. The van der Waals surface area contributed by atoms with Crippen LogP contribution in [-0.4, -0.2) is 0 Å². The van der Waals surface area contributed by atoms with Crippen LogP contribution in [0.2, 0.25) is 0 Å². The van der Waals surface area contributed by atoms with Crippen molar-refractivity contribution in [2.45, 2.75) is 71.1 Å². The van der Waals surface area contributed by atoms with Crippen LogP contribution in [0.3, 0.4) is 0 Å². The first-order valence-electron chi connectivity index (χ1n) is 12.3. The Morgan fingerprint density at radius 3 is 2.06 bits per heavy atom. The average Bonchev–Trinajstić information content (AvgIpc) is 2.83. The Bertz CT molecular complexity index is 1080. The predicted molar refractivity (Wildman–Crippen MR) is 131 cm³/mol. The largest absolute Gasteiger partial charge is 0.207 e. The summed E-state index contributed by atoms with van der Waals surface area (Å²) in [4.78, 5) is 0. The lowest BCUT2D eigenvalue weighted by atomic mass is 9.76. The normalized spacial score (nSPS) is 18.5. The zero-order valence-corrected chi connectivity index (χ0v) is 19.6. The Hall–Kier alpha value is -2.55. The van der Waals surface area contributed by atoms with Crippen molar-refractivity contribution in [3.05, 3.63) is 83.2 Å². The molecule has 0 unspecified atom stereocenters. The summed E-state index contributed by atoms with van der Waals surface area (Å²) in [6.45, 7) is 3.78. The van der Waals surface area contributed by atoms with Gasteiger partial charge in [-0.25, -0.2) is 13.2 Å². The number of unbranched alkanes of at least 4 members (excludes halogenated alkanes) is 2. The van der Waals surface area contributed by atoms with Crippen LogP contribution in [0.5, 0.6) is 0 Å². The highest BCUT2D eigenvalue weighted by Crippen LogP contribution is 2.39. The Morgan fingerprint density at radius 2 is 1.39 bits per heavy atom. The average molecular weight is 451 g/mol. The quantitative estimate of drug-likeness (QED) is 0.314. The van der Waals surface area contributed by atoms with Gasteiger partial charge in [-0.3, -0.25) is 0 Å². The van der Waals surface area contributed by atoms with E-state index in [2.05, 4.69) is 6.92 Å². The Morgan fingerprint density at radius 1 is 0.727 bits per heavy atom. The molecule has 0 radical (unpaired) electrons. The van der Waals surface area contributed by atoms with Crippen LogP contribution in [0, 0.1) is 30.3 Å². The predicted octanol–water partition coefficient (Wildman–Crippen LogP) is 9.60. The van der Waals surface area contributed by atoms with Gasteiger partial charge in [-0.15, -0.1) is 0 Å². The van der Waals surface area contributed by atoms with Gasteiger partial charge in [0.1, 0.15) is 5.82 Å². The monoisotopic (exact) mass is 450 g/mol. The number of hydrogen-bond acceptors (Lipinski definition) is 0. The van der Waals surface area contributed by atoms with Crippen LogP contribution in [-0.2, 0) is 0 Å². The van der Waals surface area contributed by atoms with Gasteiger partial charge in [0, 0.05) is 5.56 Å². The smallest absolute Gasteiger partial charge is 0.166 e. The molecule has 0 aliphatic heterocycles. The molecule has 1 aliphatic rings. The van der Waals surface area contributed by atoms with E-state index in [-0.39, 0.29) is 16.9 Å². The van der Waals surface area contributed by atoms with Crippen molar-refractivity contribution in [3.8, 4) is 22.3 Å². The van der Waals surface area contributed by atoms with Crippen LogP contribution in [0.1, 0.15) is 75.3 Å². The highest BCUT2D eigenvalue weighted by molar-refractivity contribution is 5.71. The lowest BCUT2D eigenvalue weighted by Crippen LogP contribution is -2.14. The van der Waals surface area contributed by atoms with Gasteiger partial charge in [-0.05, 0) is 78.3 Å². The lowest BCUT2D eigenvalue weighted by Gasteiger charge is -2.29. The summed E-state index contributed by atoms with van der Waals surface area (Å²) in [5.41, 5.74) is 3.61. The van der Waals surface area contributed by atoms with E-state index in [1.54, 1.807) is 37.3 Å². The molecule has 1 aliphatic carbocycles. The third-order valence-electron chi connectivity index (χ3n) is 7.31. The summed E-state index contributed by atoms with van der Waals surface area (Å²) in [6.07, 6.45) is 9.75. The number of halogens is 3. The molecule has 0 bridgehead atoms. The molecule has 0 heterocycles. The van der Waals surface area contributed by atoms with E-state index >= 15 is 4.39 Å². The molecular weight excluding hydrogens is 417 g/mol. The topological polar surface area (TPSA) is 0 Å². The minimum atomic E-state index is -0.835. The van der Waals surface area contributed by atoms with E-state index in [0.717, 1.165) is 35.4 Å². The molecule has 1 fully saturated rings. The zero-order valence-electron chi connectivity index (χ0n) is 19.6. The molecule has 0 aromatic heterocycles. The highest BCUT2D eigenvalue weighted by atomic mass is 19.2. The molecule has 0 nitrogen and oxygen atoms in total. The molecule has 3 heteroatoms. The van der Waals surface area contributed by atoms with Gasteiger partial charge in [0.2, 0.25) is 0 Å². The van der Waals surface area contributed by atoms with E-state index in [9.17, 15) is 8.78 Å². The molecular formula is C30H33F3. The molecule has 0 N–H and O–H groups in total. The second-order valence-corrected chi connectivity index (χ2v) is 9.59. The van der Waals surface area contributed by atoms with Crippen molar-refractivity contribution in [2.24, 2.45) is 5.92 Å². The molecule has 0 amide bonds. The van der Waals surface area contributed by atoms with E-state index in [1.165, 1.54) is 38.5 Å². The molecule has 0 spiro atoms. The first-order chi connectivity index (χ1) is 16.0. The molecule has 1 saturated carbocycles. The minimum Gasteiger partial charge on any atom is -0.207 e. The molecule has 3 aromatic rings. The maximum atomic E-state index is 15.1. The van der Waals surface area contributed by atoms with Crippen molar-refractivity contribution >= 4 is 0 Å². The summed E-state index contributed by atoms with van der Waals surface area (Å²) in [6, 6.07) is 15.9. The van der Waals surface area contributed by atoms with Gasteiger partial charge in [-0.2, -0.15) is 0 Å². The summed E-state index contributed by atoms with van der Waals surface area (Å²) < 4.78 is 43.3. The summed E-state index contributed by atoms with van der Waals surface area (Å²) in [5.74, 6) is -0.677. The maximum absolute atomic E-state index is 15.1. The zero-order chi connectivity index (χ0) is 23.4. The Labute approximate surface area is 195 Å². The van der Waals surface area contributed by atoms with Crippen LogP contribution in [0.15, 0.2) is 54.6 Å². The number of hydrogen-bond donors (Lipinski definition) is 0. The Kier molecular flexibility index (Phi) is 7.57. The third-order valence-corrected chi connectivity index (χ3v) is 7.31. The van der Waals surface area contributed by atoms with Crippen LogP contribution < -0.4 is 0 Å². The van der Waals surface area contributed by atoms with Crippen molar-refractivity contribution in [2.75, 3.05) is 0 Å². The van der Waals surface area contributed by atoms with Crippen molar-refractivity contribution in [3.63, 3.8) is 0 Å². The molecule has 0 atom stereocenters. The van der Waals surface area contributed by atoms with Gasteiger partial charge >= 0.3 is 0 Å². The standard InChI is InChI=1S/C30H33F3/c1-3-4-5-6-21-8-10-23(11-9-21)26-18-16-25(19-28(26)31)22-12-14-24(15-13-22)27-17-7-20(2)29(32)30(27)33/h7,12-19,21,23H,3-6,8-11H2,1-2H3. The van der Waals surface area contributed by atoms with E-state index < -0.39 is 11.6 Å². The van der Waals surface area contributed by atoms with Crippen molar-refractivity contribution in [1.82, 2.24) is 0 Å². The first kappa shape index (κ1) is 23.6. The van der Waals surface area contributed by atoms with E-state index in [1.807, 2.05) is 24.3 Å². The second kappa shape index (κ2) is 10.6. The summed E-state index contributed by atoms with van der Waals surface area (Å²) in [5, 5.41) is 0. The number of aryl methyl sites for hydroxylation is 1. The lowest BCUT2D eigenvalue weighted by molar-refractivity contribution is 0.299. The fraction of sp³-hybridized carbons (Fsp3) is 0.400. The molecule has 33 heavy (non-hydrogen) atoms. The minimum absolute atomic E-state index is 0.141. The molecule has 174 valence electrons. The third kappa shape index (κ3) is 5.34. The molecule has 3 aromatic carbocycles. The van der Waals surface area contributed by atoms with Gasteiger partial charge in [0.05, 0.1) is 0 Å². The molecule has 4 rings (SSSR count). The summed E-state index contributed by atoms with van der Waals surface area (Å²) in [7, 11) is 0. The SMILES string of the molecule is CCCCCC1CCC(c2ccc(-c3ccc(-c4ccc(C)c(F)c4F)cc3)cc2F)CC1. The number of rotatable bonds is 7. The fourth-order valence-electron chi connectivity index (χ4n) is 5.19. The fourth-order valence-corrected chi connectivity index (χ4v) is 5.19. The van der Waals surface area contributed by atoms with E-state index in [0.29, 0.717) is 11.5 Å². The van der Waals surface area contributed by atoms with Crippen LogP contribution >= 0.6 is 0 Å². The van der Waals surface area contributed by atoms with Gasteiger partial charge < -0.3 is 0 Å². The van der Waals surface area contributed by atoms with Crippen LogP contribution in [0.4, 0.5) is 13.2 Å². The molecule has 0 saturated heterocycles. The van der Waals surface area contributed by atoms with Gasteiger partial charge in [0.25, 0.3) is 0 Å². The first-order valence-corrected chi connectivity index (χ1v) is 12.3. The van der Waals surface area contributed by atoms with Crippen molar-refractivity contribution < 1.29 is 13.2 Å². The summed E-state index contributed by atoms with van der Waals surface area (Å²) >= 11 is 0. The van der Waals surface area contributed by atoms with Gasteiger partial charge in [0.15, 0.2) is 11.6 Å². The van der Waals surface area contributed by atoms with Crippen LogP contribution in [0.25, 0.3) is 22.3 Å². The number of benzene rings is 3. The van der Waals surface area contributed by atoms with E-state index in [4.69, 9.17) is 0 Å². The van der Waals surface area contributed by atoms with Crippen molar-refractivity contribution in [1.29, 1.82) is 0 Å². The Balaban J connectivity index is 1.45. The van der Waals surface area contributed by atoms with Gasteiger partial charge in [-0.1, -0.05) is 81.1 Å². The highest BCUT2D eigenvalue weighted by Gasteiger charge is 2.24.